The lowest BCUT2D eigenvalue weighted by Crippen LogP contribution is -2.32. The van der Waals surface area contributed by atoms with Gasteiger partial charge in [0.15, 0.2) is 12.4 Å². The van der Waals surface area contributed by atoms with Gasteiger partial charge in [0.1, 0.15) is 12.3 Å². The summed E-state index contributed by atoms with van der Waals surface area (Å²) in [6.07, 6.45) is 8.41. The summed E-state index contributed by atoms with van der Waals surface area (Å²) in [6.45, 7) is 3.27. The number of unbranched alkanes of at least 4 members (excludes halogenated alkanes) is 1. The second-order valence-electron chi connectivity index (χ2n) is 4.82. The van der Waals surface area contributed by atoms with E-state index >= 15 is 0 Å². The van der Waals surface area contributed by atoms with Crippen molar-refractivity contribution in [2.45, 2.75) is 26.3 Å². The molecule has 4 heteroatoms. The Balaban J connectivity index is 1.88. The summed E-state index contributed by atoms with van der Waals surface area (Å²) < 4.78 is 7.31. The molecule has 1 N–H and O–H groups in total. The molecule has 0 saturated heterocycles. The molecule has 0 radical (unpaired) electrons. The summed E-state index contributed by atoms with van der Waals surface area (Å²) in [4.78, 5) is 0. The van der Waals surface area contributed by atoms with Gasteiger partial charge in [-0.15, -0.1) is 0 Å². The number of aromatic nitrogens is 1. The molecule has 0 bridgehead atoms. The zero-order chi connectivity index (χ0) is 14.9. The third kappa shape index (κ3) is 4.91. The molecule has 1 aromatic carbocycles. The van der Waals surface area contributed by atoms with Crippen LogP contribution in [0.5, 0.6) is 5.75 Å². The smallest absolute Gasteiger partial charge is 0.169 e. The number of nitrogens with one attached hydrogen (secondary N) is 1. The van der Waals surface area contributed by atoms with Gasteiger partial charge in [0, 0.05) is 24.1 Å². The fourth-order valence-corrected chi connectivity index (χ4v) is 1.89. The molecule has 1 heterocycles. The van der Waals surface area contributed by atoms with Gasteiger partial charge in [-0.3, -0.25) is 5.43 Å². The zero-order valence-corrected chi connectivity index (χ0v) is 12.6. The first kappa shape index (κ1) is 15.0. The number of hydrogen-bond acceptors (Lipinski definition) is 3. The Hall–Kier alpha value is -2.36. The third-order valence-electron chi connectivity index (χ3n) is 3.18. The second kappa shape index (κ2) is 8.04. The monoisotopic (exact) mass is 284 g/mol. The van der Waals surface area contributed by atoms with Crippen LogP contribution >= 0.6 is 0 Å². The molecule has 2 aromatic rings. The number of hydrazone groups is 1. The van der Waals surface area contributed by atoms with Gasteiger partial charge in [0.2, 0.25) is 0 Å². The van der Waals surface area contributed by atoms with E-state index < -0.39 is 0 Å². The van der Waals surface area contributed by atoms with Gasteiger partial charge in [0.25, 0.3) is 0 Å². The van der Waals surface area contributed by atoms with Crippen LogP contribution in [-0.2, 0) is 6.54 Å². The topological polar surface area (TPSA) is 37.5 Å². The molecule has 2 rings (SSSR count). The Kier molecular flexibility index (Phi) is 5.76. The number of ether oxygens (including phenoxy) is 1. The largest absolute Gasteiger partial charge is 0.497 e. The maximum Gasteiger partial charge on any atom is 0.169 e. The normalized spacial score (nSPS) is 10.8. The maximum absolute atomic E-state index is 5.11. The first-order valence-electron chi connectivity index (χ1n) is 7.24. The number of pyridine rings is 1. The van der Waals surface area contributed by atoms with Crippen molar-refractivity contribution in [3.63, 3.8) is 0 Å². The van der Waals surface area contributed by atoms with E-state index in [-0.39, 0.29) is 0 Å². The highest BCUT2D eigenvalue weighted by molar-refractivity contribution is 5.79. The molecular weight excluding hydrogens is 262 g/mol. The highest BCUT2D eigenvalue weighted by Crippen LogP contribution is 2.14. The number of nitrogens with zero attached hydrogens (tertiary/aromatic N) is 2. The van der Waals surface area contributed by atoms with Crippen LogP contribution in [0.25, 0.3) is 0 Å². The van der Waals surface area contributed by atoms with Gasteiger partial charge < -0.3 is 4.74 Å². The summed E-state index contributed by atoms with van der Waals surface area (Å²) in [7, 11) is 1.66. The van der Waals surface area contributed by atoms with Gasteiger partial charge in [-0.25, -0.2) is 4.57 Å². The number of benzene rings is 1. The van der Waals surface area contributed by atoms with E-state index in [0.29, 0.717) is 0 Å². The standard InChI is InChI=1S/C17H21N3O/c1-3-4-11-20-12-9-15(10-13-20)14-18-19-16-5-7-17(21-2)8-6-16/h5-10,12-14H,3-4,11H2,1-2H3/p+1. The van der Waals surface area contributed by atoms with Crippen LogP contribution in [-0.4, -0.2) is 13.3 Å². The molecule has 21 heavy (non-hydrogen) atoms. The van der Waals surface area contributed by atoms with E-state index in [1.54, 1.807) is 7.11 Å². The van der Waals surface area contributed by atoms with Gasteiger partial charge in [-0.2, -0.15) is 5.10 Å². The van der Waals surface area contributed by atoms with E-state index in [1.165, 1.54) is 12.8 Å². The molecule has 0 amide bonds. The van der Waals surface area contributed by atoms with Gasteiger partial charge in [-0.1, -0.05) is 13.3 Å². The molecule has 0 aliphatic carbocycles. The fourth-order valence-electron chi connectivity index (χ4n) is 1.89. The zero-order valence-electron chi connectivity index (χ0n) is 12.6. The number of anilines is 1. The molecular formula is C17H22N3O+. The molecule has 0 atom stereocenters. The van der Waals surface area contributed by atoms with Crippen molar-refractivity contribution in [3.05, 3.63) is 54.4 Å². The first-order chi connectivity index (χ1) is 10.3. The van der Waals surface area contributed by atoms with E-state index in [2.05, 4.69) is 46.5 Å². The van der Waals surface area contributed by atoms with Gasteiger partial charge >= 0.3 is 0 Å². The van der Waals surface area contributed by atoms with E-state index in [1.807, 2.05) is 30.5 Å². The highest BCUT2D eigenvalue weighted by Gasteiger charge is 1.98. The van der Waals surface area contributed by atoms with Crippen molar-refractivity contribution in [2.24, 2.45) is 5.10 Å². The summed E-state index contributed by atoms with van der Waals surface area (Å²) in [5.74, 6) is 0.837. The lowest BCUT2D eigenvalue weighted by molar-refractivity contribution is -0.697. The third-order valence-corrected chi connectivity index (χ3v) is 3.18. The average molecular weight is 284 g/mol. The van der Waals surface area contributed by atoms with Crippen LogP contribution in [0.1, 0.15) is 25.3 Å². The number of methoxy groups -OCH3 is 1. The number of aryl methyl sites for hydroxylation is 1. The minimum atomic E-state index is 0.837. The lowest BCUT2D eigenvalue weighted by atomic mass is 10.3. The Morgan fingerprint density at radius 1 is 1.14 bits per heavy atom. The van der Waals surface area contributed by atoms with E-state index in [9.17, 15) is 0 Å². The van der Waals surface area contributed by atoms with Gasteiger partial charge in [-0.05, 0) is 24.3 Å². The molecule has 110 valence electrons. The quantitative estimate of drug-likeness (QED) is 0.481. The number of rotatable bonds is 7. The SMILES string of the molecule is CCCC[n+]1ccc(/C=N/Nc2ccc(OC)cc2)cc1. The molecule has 0 aliphatic rings. The van der Waals surface area contributed by atoms with Crippen molar-refractivity contribution >= 4 is 11.9 Å². The average Bonchev–Trinajstić information content (AvgIpc) is 2.55. The van der Waals surface area contributed by atoms with Crippen LogP contribution in [0.3, 0.4) is 0 Å². The van der Waals surface area contributed by atoms with Crippen LogP contribution in [0.4, 0.5) is 5.69 Å². The van der Waals surface area contributed by atoms with Crippen LogP contribution < -0.4 is 14.7 Å². The second-order valence-corrected chi connectivity index (χ2v) is 4.82. The number of hydrogen-bond donors (Lipinski definition) is 1. The minimum Gasteiger partial charge on any atom is -0.497 e. The Morgan fingerprint density at radius 3 is 2.48 bits per heavy atom. The van der Waals surface area contributed by atoms with E-state index in [4.69, 9.17) is 4.74 Å². The van der Waals surface area contributed by atoms with Crippen LogP contribution in [0, 0.1) is 0 Å². The Morgan fingerprint density at radius 2 is 1.86 bits per heavy atom. The lowest BCUT2D eigenvalue weighted by Gasteiger charge is -2.02. The molecule has 4 nitrogen and oxygen atoms in total. The van der Waals surface area contributed by atoms with Crippen LogP contribution in [0.15, 0.2) is 53.9 Å². The Labute approximate surface area is 126 Å². The van der Waals surface area contributed by atoms with Crippen molar-refractivity contribution in [1.29, 1.82) is 0 Å². The highest BCUT2D eigenvalue weighted by atomic mass is 16.5. The summed E-state index contributed by atoms with van der Waals surface area (Å²) >= 11 is 0. The summed E-state index contributed by atoms with van der Waals surface area (Å²) in [5, 5.41) is 4.23. The Bertz CT molecular complexity index is 562. The van der Waals surface area contributed by atoms with Gasteiger partial charge in [0.05, 0.1) is 19.0 Å². The van der Waals surface area contributed by atoms with Crippen molar-refractivity contribution in [2.75, 3.05) is 12.5 Å². The molecule has 1 aromatic heterocycles. The van der Waals surface area contributed by atoms with Crippen molar-refractivity contribution < 1.29 is 9.30 Å². The van der Waals surface area contributed by atoms with Crippen LogP contribution in [0.2, 0.25) is 0 Å². The van der Waals surface area contributed by atoms with Crippen molar-refractivity contribution in [1.82, 2.24) is 0 Å². The van der Waals surface area contributed by atoms with Crippen molar-refractivity contribution in [3.8, 4) is 5.75 Å². The molecule has 0 saturated carbocycles. The predicted molar refractivity (Wildman–Crippen MR) is 85.8 cm³/mol. The summed E-state index contributed by atoms with van der Waals surface area (Å²) in [6, 6.07) is 11.8. The first-order valence-corrected chi connectivity index (χ1v) is 7.24. The fraction of sp³-hybridized carbons (Fsp3) is 0.294. The molecule has 0 aliphatic heterocycles. The molecule has 0 spiro atoms. The minimum absolute atomic E-state index is 0.837. The summed E-state index contributed by atoms with van der Waals surface area (Å²) in [5.41, 5.74) is 5.00. The van der Waals surface area contributed by atoms with E-state index in [0.717, 1.165) is 23.5 Å². The maximum atomic E-state index is 5.11. The molecule has 0 fully saturated rings. The predicted octanol–water partition coefficient (Wildman–Crippen LogP) is 3.23. The molecule has 0 unspecified atom stereocenters.